The van der Waals surface area contributed by atoms with E-state index in [1.165, 1.54) is 4.80 Å². The van der Waals surface area contributed by atoms with E-state index in [-0.39, 0.29) is 12.4 Å². The van der Waals surface area contributed by atoms with Gasteiger partial charge >= 0.3 is 0 Å². The van der Waals surface area contributed by atoms with Crippen LogP contribution in [0.15, 0.2) is 12.4 Å². The van der Waals surface area contributed by atoms with Crippen LogP contribution in [-0.2, 0) is 6.54 Å². The van der Waals surface area contributed by atoms with Crippen molar-refractivity contribution in [1.29, 1.82) is 0 Å². The third-order valence-electron chi connectivity index (χ3n) is 1.70. The molecule has 0 spiro atoms. The fourth-order valence-corrected chi connectivity index (χ4v) is 0.943. The standard InChI is InChI=1S/C7H13FN4.ClH/c1-2-6(8)7(9)5-12-10-3-4-11-12;/h3-4,6-7H,2,5,9H2,1H3;1H/t6-,7-;/m0./s1. The van der Waals surface area contributed by atoms with Crippen LogP contribution < -0.4 is 5.73 Å². The van der Waals surface area contributed by atoms with Crippen LogP contribution in [0.5, 0.6) is 0 Å². The summed E-state index contributed by atoms with van der Waals surface area (Å²) in [7, 11) is 0. The maximum Gasteiger partial charge on any atom is 0.117 e. The highest BCUT2D eigenvalue weighted by atomic mass is 35.5. The predicted molar refractivity (Wildman–Crippen MR) is 50.4 cm³/mol. The van der Waals surface area contributed by atoms with Crippen molar-refractivity contribution in [2.45, 2.75) is 32.1 Å². The van der Waals surface area contributed by atoms with Gasteiger partial charge < -0.3 is 5.73 Å². The molecule has 0 bridgehead atoms. The van der Waals surface area contributed by atoms with Crippen molar-refractivity contribution >= 4 is 12.4 Å². The molecule has 1 heterocycles. The van der Waals surface area contributed by atoms with E-state index in [1.807, 2.05) is 0 Å². The molecule has 4 nitrogen and oxygen atoms in total. The minimum Gasteiger partial charge on any atom is -0.324 e. The Morgan fingerprint density at radius 2 is 2.00 bits per heavy atom. The summed E-state index contributed by atoms with van der Waals surface area (Å²) in [6.07, 6.45) is 2.55. The summed E-state index contributed by atoms with van der Waals surface area (Å²) in [5.41, 5.74) is 5.54. The first-order valence-corrected chi connectivity index (χ1v) is 3.97. The fourth-order valence-electron chi connectivity index (χ4n) is 0.943. The van der Waals surface area contributed by atoms with E-state index in [9.17, 15) is 4.39 Å². The van der Waals surface area contributed by atoms with Crippen molar-refractivity contribution in [3.63, 3.8) is 0 Å². The van der Waals surface area contributed by atoms with Crippen molar-refractivity contribution in [2.75, 3.05) is 0 Å². The van der Waals surface area contributed by atoms with E-state index in [0.29, 0.717) is 13.0 Å². The van der Waals surface area contributed by atoms with E-state index < -0.39 is 12.2 Å². The molecule has 0 amide bonds. The molecule has 0 aliphatic carbocycles. The molecule has 2 N–H and O–H groups in total. The van der Waals surface area contributed by atoms with Gasteiger partial charge in [0, 0.05) is 0 Å². The smallest absolute Gasteiger partial charge is 0.117 e. The molecule has 0 radical (unpaired) electrons. The van der Waals surface area contributed by atoms with E-state index in [2.05, 4.69) is 10.2 Å². The van der Waals surface area contributed by atoms with Gasteiger partial charge in [-0.2, -0.15) is 15.0 Å². The Bertz CT molecular complexity index is 216. The van der Waals surface area contributed by atoms with Crippen LogP contribution in [-0.4, -0.2) is 27.2 Å². The molecular weight excluding hydrogens is 195 g/mol. The second kappa shape index (κ2) is 5.88. The number of alkyl halides is 1. The largest absolute Gasteiger partial charge is 0.324 e. The summed E-state index contributed by atoms with van der Waals surface area (Å²) >= 11 is 0. The van der Waals surface area contributed by atoms with Gasteiger partial charge in [-0.25, -0.2) is 4.39 Å². The van der Waals surface area contributed by atoms with Gasteiger partial charge in [0.1, 0.15) is 6.17 Å². The molecule has 1 aromatic rings. The monoisotopic (exact) mass is 208 g/mol. The summed E-state index contributed by atoms with van der Waals surface area (Å²) in [5.74, 6) is 0. The SMILES string of the molecule is CC[C@H](F)[C@@H](N)Cn1nccn1.Cl. The predicted octanol–water partition coefficient (Wildman–Crippen LogP) is 0.775. The normalized spacial score (nSPS) is 14.7. The third-order valence-corrected chi connectivity index (χ3v) is 1.70. The highest BCUT2D eigenvalue weighted by molar-refractivity contribution is 5.85. The molecule has 1 rings (SSSR count). The van der Waals surface area contributed by atoms with Crippen LogP contribution in [0.2, 0.25) is 0 Å². The molecule has 76 valence electrons. The Balaban J connectivity index is 0.00000144. The molecule has 0 aliphatic rings. The number of nitrogens with two attached hydrogens (primary N) is 1. The second-order valence-corrected chi connectivity index (χ2v) is 2.67. The second-order valence-electron chi connectivity index (χ2n) is 2.67. The van der Waals surface area contributed by atoms with Gasteiger partial charge in [-0.3, -0.25) is 0 Å². The van der Waals surface area contributed by atoms with Crippen LogP contribution >= 0.6 is 12.4 Å². The van der Waals surface area contributed by atoms with Crippen LogP contribution in [0, 0.1) is 0 Å². The lowest BCUT2D eigenvalue weighted by molar-refractivity contribution is 0.245. The van der Waals surface area contributed by atoms with Crippen LogP contribution in [0.4, 0.5) is 4.39 Å². The summed E-state index contributed by atoms with van der Waals surface area (Å²) in [6, 6.07) is -0.512. The zero-order valence-corrected chi connectivity index (χ0v) is 8.25. The number of halogens is 2. The van der Waals surface area contributed by atoms with Crippen molar-refractivity contribution in [2.24, 2.45) is 5.73 Å². The third kappa shape index (κ3) is 3.69. The summed E-state index contributed by atoms with van der Waals surface area (Å²) in [5, 5.41) is 7.66. The Hall–Kier alpha value is -0.680. The molecule has 2 atom stereocenters. The first-order chi connectivity index (χ1) is 5.74. The summed E-state index contributed by atoms with van der Waals surface area (Å²) < 4.78 is 12.9. The van der Waals surface area contributed by atoms with Gasteiger partial charge in [0.2, 0.25) is 0 Å². The van der Waals surface area contributed by atoms with Crippen LogP contribution in [0.3, 0.4) is 0 Å². The van der Waals surface area contributed by atoms with Gasteiger partial charge in [-0.1, -0.05) is 6.92 Å². The van der Waals surface area contributed by atoms with Crippen molar-refractivity contribution < 1.29 is 4.39 Å². The Morgan fingerprint density at radius 1 is 1.46 bits per heavy atom. The molecule has 0 saturated heterocycles. The van der Waals surface area contributed by atoms with Crippen LogP contribution in [0.1, 0.15) is 13.3 Å². The maximum absolute atomic E-state index is 12.9. The fraction of sp³-hybridized carbons (Fsp3) is 0.714. The van der Waals surface area contributed by atoms with Gasteiger partial charge in [-0.05, 0) is 6.42 Å². The topological polar surface area (TPSA) is 56.7 Å². The molecule has 0 aliphatic heterocycles. The molecule has 0 unspecified atom stereocenters. The number of rotatable bonds is 4. The van der Waals surface area contributed by atoms with Crippen molar-refractivity contribution in [1.82, 2.24) is 15.0 Å². The lowest BCUT2D eigenvalue weighted by Gasteiger charge is -2.13. The number of hydrogen-bond acceptors (Lipinski definition) is 3. The number of hydrogen-bond donors (Lipinski definition) is 1. The van der Waals surface area contributed by atoms with Crippen molar-refractivity contribution in [3.05, 3.63) is 12.4 Å². The highest BCUT2D eigenvalue weighted by Gasteiger charge is 2.15. The molecule has 0 fully saturated rings. The van der Waals surface area contributed by atoms with Gasteiger partial charge in [0.05, 0.1) is 25.0 Å². The molecule has 6 heteroatoms. The Morgan fingerprint density at radius 3 is 2.46 bits per heavy atom. The van der Waals surface area contributed by atoms with Crippen LogP contribution in [0.25, 0.3) is 0 Å². The zero-order valence-electron chi connectivity index (χ0n) is 7.43. The lowest BCUT2D eigenvalue weighted by Crippen LogP contribution is -2.36. The van der Waals surface area contributed by atoms with Gasteiger partial charge in [0.15, 0.2) is 0 Å². The molecule has 0 aromatic carbocycles. The van der Waals surface area contributed by atoms with Crippen molar-refractivity contribution in [3.8, 4) is 0 Å². The Labute approximate surface area is 82.7 Å². The van der Waals surface area contributed by atoms with Gasteiger partial charge in [0.25, 0.3) is 0 Å². The zero-order chi connectivity index (χ0) is 8.97. The van der Waals surface area contributed by atoms with Gasteiger partial charge in [-0.15, -0.1) is 12.4 Å². The highest BCUT2D eigenvalue weighted by Crippen LogP contribution is 2.02. The molecule has 0 saturated carbocycles. The Kier molecular flexibility index (Phi) is 5.57. The van der Waals surface area contributed by atoms with E-state index in [0.717, 1.165) is 0 Å². The molecule has 13 heavy (non-hydrogen) atoms. The first-order valence-electron chi connectivity index (χ1n) is 3.97. The number of nitrogens with zero attached hydrogens (tertiary/aromatic N) is 3. The molecule has 1 aromatic heterocycles. The van der Waals surface area contributed by atoms with E-state index in [1.54, 1.807) is 19.3 Å². The number of aromatic nitrogens is 3. The van der Waals surface area contributed by atoms with E-state index in [4.69, 9.17) is 5.73 Å². The molecular formula is C7H14ClFN4. The summed E-state index contributed by atoms with van der Waals surface area (Å²) in [4.78, 5) is 1.40. The summed E-state index contributed by atoms with van der Waals surface area (Å²) in [6.45, 7) is 2.10. The average Bonchev–Trinajstić information content (AvgIpc) is 2.55. The lowest BCUT2D eigenvalue weighted by atomic mass is 10.1. The maximum atomic E-state index is 12.9. The minimum atomic E-state index is -0.976. The minimum absolute atomic E-state index is 0. The quantitative estimate of drug-likeness (QED) is 0.796. The van der Waals surface area contributed by atoms with E-state index >= 15 is 0 Å². The average molecular weight is 209 g/mol. The first kappa shape index (κ1) is 12.3.